The zero-order valence-electron chi connectivity index (χ0n) is 9.83. The third-order valence-corrected chi connectivity index (χ3v) is 3.30. The summed E-state index contributed by atoms with van der Waals surface area (Å²) >= 11 is 0. The van der Waals surface area contributed by atoms with Crippen LogP contribution in [-0.4, -0.2) is 32.2 Å². The molecular formula is C12H14N4O2. The Labute approximate surface area is 104 Å². The van der Waals surface area contributed by atoms with Crippen LogP contribution >= 0.6 is 0 Å². The number of hydrogen-bond acceptors (Lipinski definition) is 4. The van der Waals surface area contributed by atoms with Crippen molar-refractivity contribution in [1.82, 2.24) is 19.9 Å². The fraction of sp³-hybridized carbons (Fsp3) is 0.417. The normalized spacial score (nSPS) is 20.1. The van der Waals surface area contributed by atoms with Crippen LogP contribution in [0.25, 0.3) is 5.65 Å². The predicted octanol–water partition coefficient (Wildman–Crippen LogP) is 1.24. The van der Waals surface area contributed by atoms with Crippen LogP contribution in [0.2, 0.25) is 0 Å². The van der Waals surface area contributed by atoms with E-state index in [0.717, 1.165) is 25.2 Å². The number of aromatic nitrogens is 3. The van der Waals surface area contributed by atoms with Crippen molar-refractivity contribution in [3.05, 3.63) is 29.7 Å². The van der Waals surface area contributed by atoms with E-state index in [1.165, 1.54) is 6.42 Å². The SMILES string of the molecule is O=C(O)c1ccc2nnc(C3CCCCN3)n2c1. The molecule has 6 nitrogen and oxygen atoms in total. The molecule has 3 heterocycles. The molecule has 1 aliphatic rings. The largest absolute Gasteiger partial charge is 0.478 e. The van der Waals surface area contributed by atoms with Crippen LogP contribution in [0.15, 0.2) is 18.3 Å². The van der Waals surface area contributed by atoms with E-state index in [0.29, 0.717) is 5.65 Å². The summed E-state index contributed by atoms with van der Waals surface area (Å²) in [4.78, 5) is 11.0. The summed E-state index contributed by atoms with van der Waals surface area (Å²) in [5, 5.41) is 20.7. The van der Waals surface area contributed by atoms with Gasteiger partial charge in [-0.25, -0.2) is 4.79 Å². The third-order valence-electron chi connectivity index (χ3n) is 3.30. The smallest absolute Gasteiger partial charge is 0.337 e. The quantitative estimate of drug-likeness (QED) is 0.833. The number of rotatable bonds is 2. The van der Waals surface area contributed by atoms with Gasteiger partial charge >= 0.3 is 5.97 Å². The highest BCUT2D eigenvalue weighted by Gasteiger charge is 2.20. The average Bonchev–Trinajstić information content (AvgIpc) is 2.82. The van der Waals surface area contributed by atoms with Crippen molar-refractivity contribution in [3.63, 3.8) is 0 Å². The second-order valence-electron chi connectivity index (χ2n) is 4.51. The van der Waals surface area contributed by atoms with Crippen LogP contribution in [0.5, 0.6) is 0 Å². The molecule has 1 atom stereocenters. The van der Waals surface area contributed by atoms with Crippen molar-refractivity contribution in [2.45, 2.75) is 25.3 Å². The topological polar surface area (TPSA) is 79.5 Å². The van der Waals surface area contributed by atoms with Crippen molar-refractivity contribution in [3.8, 4) is 0 Å². The summed E-state index contributed by atoms with van der Waals surface area (Å²) in [6, 6.07) is 3.39. The molecule has 1 saturated heterocycles. The van der Waals surface area contributed by atoms with Gasteiger partial charge in [-0.1, -0.05) is 6.42 Å². The maximum atomic E-state index is 11.0. The molecule has 0 saturated carbocycles. The van der Waals surface area contributed by atoms with Crippen molar-refractivity contribution < 1.29 is 9.90 Å². The molecule has 0 amide bonds. The van der Waals surface area contributed by atoms with Crippen LogP contribution in [0, 0.1) is 0 Å². The number of carbonyl (C=O) groups is 1. The Morgan fingerprint density at radius 3 is 3.00 bits per heavy atom. The fourth-order valence-corrected chi connectivity index (χ4v) is 2.34. The molecule has 2 N–H and O–H groups in total. The fourth-order valence-electron chi connectivity index (χ4n) is 2.34. The highest BCUT2D eigenvalue weighted by Crippen LogP contribution is 2.22. The van der Waals surface area contributed by atoms with E-state index in [1.54, 1.807) is 22.7 Å². The first-order valence-electron chi connectivity index (χ1n) is 6.07. The number of nitrogens with one attached hydrogen (secondary N) is 1. The number of carboxylic acids is 1. The first kappa shape index (κ1) is 11.2. The summed E-state index contributed by atoms with van der Waals surface area (Å²) in [6.45, 7) is 0.970. The van der Waals surface area contributed by atoms with E-state index in [2.05, 4.69) is 15.5 Å². The minimum atomic E-state index is -0.937. The van der Waals surface area contributed by atoms with E-state index in [4.69, 9.17) is 5.11 Å². The van der Waals surface area contributed by atoms with Crippen molar-refractivity contribution in [1.29, 1.82) is 0 Å². The molecule has 2 aromatic heterocycles. The Hall–Kier alpha value is -1.95. The van der Waals surface area contributed by atoms with Gasteiger partial charge < -0.3 is 10.4 Å². The summed E-state index contributed by atoms with van der Waals surface area (Å²) in [5.74, 6) is -0.138. The minimum Gasteiger partial charge on any atom is -0.478 e. The summed E-state index contributed by atoms with van der Waals surface area (Å²) in [6.07, 6.45) is 4.93. The number of piperidine rings is 1. The van der Waals surface area contributed by atoms with Crippen molar-refractivity contribution in [2.24, 2.45) is 0 Å². The number of pyridine rings is 1. The molecule has 1 fully saturated rings. The molecular weight excluding hydrogens is 232 g/mol. The first-order valence-corrected chi connectivity index (χ1v) is 6.07. The molecule has 0 aliphatic carbocycles. The molecule has 1 aliphatic heterocycles. The maximum absolute atomic E-state index is 11.0. The van der Waals surface area contributed by atoms with Gasteiger partial charge in [0.15, 0.2) is 11.5 Å². The van der Waals surface area contributed by atoms with Crippen LogP contribution in [0.4, 0.5) is 0 Å². The van der Waals surface area contributed by atoms with Gasteiger partial charge in [0.1, 0.15) is 0 Å². The minimum absolute atomic E-state index is 0.165. The molecule has 94 valence electrons. The summed E-state index contributed by atoms with van der Waals surface area (Å²) in [5.41, 5.74) is 0.932. The van der Waals surface area contributed by atoms with Crippen molar-refractivity contribution >= 4 is 11.6 Å². The first-order chi connectivity index (χ1) is 8.75. The molecule has 6 heteroatoms. The number of aromatic carboxylic acids is 1. The Morgan fingerprint density at radius 2 is 2.28 bits per heavy atom. The average molecular weight is 246 g/mol. The van der Waals surface area contributed by atoms with Crippen LogP contribution in [-0.2, 0) is 0 Å². The molecule has 0 radical (unpaired) electrons. The van der Waals surface area contributed by atoms with E-state index in [1.807, 2.05) is 0 Å². The monoisotopic (exact) mass is 246 g/mol. The second-order valence-corrected chi connectivity index (χ2v) is 4.51. The highest BCUT2D eigenvalue weighted by atomic mass is 16.4. The molecule has 0 aromatic carbocycles. The lowest BCUT2D eigenvalue weighted by Gasteiger charge is -2.21. The summed E-state index contributed by atoms with van der Waals surface area (Å²) in [7, 11) is 0. The van der Waals surface area contributed by atoms with Gasteiger partial charge in [0.2, 0.25) is 0 Å². The van der Waals surface area contributed by atoms with Gasteiger partial charge in [0.05, 0.1) is 11.6 Å². The zero-order chi connectivity index (χ0) is 12.5. The maximum Gasteiger partial charge on any atom is 0.337 e. The Bertz CT molecular complexity index is 587. The predicted molar refractivity (Wildman–Crippen MR) is 64.5 cm³/mol. The van der Waals surface area contributed by atoms with Gasteiger partial charge in [-0.05, 0) is 31.5 Å². The highest BCUT2D eigenvalue weighted by molar-refractivity contribution is 5.87. The van der Waals surface area contributed by atoms with Gasteiger partial charge in [0, 0.05) is 6.20 Å². The van der Waals surface area contributed by atoms with Crippen LogP contribution in [0.3, 0.4) is 0 Å². The lowest BCUT2D eigenvalue weighted by Crippen LogP contribution is -2.28. The van der Waals surface area contributed by atoms with Gasteiger partial charge in [-0.2, -0.15) is 0 Å². The van der Waals surface area contributed by atoms with Gasteiger partial charge in [-0.3, -0.25) is 4.40 Å². The molecule has 18 heavy (non-hydrogen) atoms. The standard InChI is InChI=1S/C12H14N4O2/c17-12(18)8-4-5-10-14-15-11(16(10)7-8)9-3-1-2-6-13-9/h4-5,7,9,13H,1-3,6H2,(H,17,18). The molecule has 3 rings (SSSR count). The Balaban J connectivity index is 2.05. The van der Waals surface area contributed by atoms with Crippen molar-refractivity contribution in [2.75, 3.05) is 6.54 Å². The van der Waals surface area contributed by atoms with Crippen LogP contribution < -0.4 is 5.32 Å². The van der Waals surface area contributed by atoms with E-state index in [9.17, 15) is 4.79 Å². The number of hydrogen-bond donors (Lipinski definition) is 2. The number of fused-ring (bicyclic) bond motifs is 1. The lowest BCUT2D eigenvalue weighted by molar-refractivity contribution is 0.0696. The lowest BCUT2D eigenvalue weighted by atomic mass is 10.0. The van der Waals surface area contributed by atoms with E-state index >= 15 is 0 Å². The molecule has 1 unspecified atom stereocenters. The number of carboxylic acid groups (broad SMARTS) is 1. The molecule has 0 spiro atoms. The summed E-state index contributed by atoms with van der Waals surface area (Å²) < 4.78 is 1.77. The molecule has 0 bridgehead atoms. The Morgan fingerprint density at radius 1 is 1.39 bits per heavy atom. The van der Waals surface area contributed by atoms with E-state index in [-0.39, 0.29) is 11.6 Å². The Kier molecular flexibility index (Phi) is 2.71. The van der Waals surface area contributed by atoms with Crippen LogP contribution in [0.1, 0.15) is 41.5 Å². The van der Waals surface area contributed by atoms with E-state index < -0.39 is 5.97 Å². The van der Waals surface area contributed by atoms with Gasteiger partial charge in [0.25, 0.3) is 0 Å². The third kappa shape index (κ3) is 1.84. The molecule has 2 aromatic rings. The van der Waals surface area contributed by atoms with Gasteiger partial charge in [-0.15, -0.1) is 10.2 Å². The second kappa shape index (κ2) is 4.38. The number of nitrogens with zero attached hydrogens (tertiary/aromatic N) is 3. The zero-order valence-corrected chi connectivity index (χ0v) is 9.83.